The molecule has 3 rings (SSSR count). The molecule has 0 saturated carbocycles. The Morgan fingerprint density at radius 1 is 1.07 bits per heavy atom. The van der Waals surface area contributed by atoms with Crippen molar-refractivity contribution >= 4 is 16.9 Å². The quantitative estimate of drug-likeness (QED) is 0.463. The first-order valence-corrected chi connectivity index (χ1v) is 10.3. The van der Waals surface area contributed by atoms with E-state index in [0.717, 1.165) is 41.2 Å². The van der Waals surface area contributed by atoms with Gasteiger partial charge in [-0.2, -0.15) is 0 Å². The fraction of sp³-hybridized carbons (Fsp3) is 0.391. The number of para-hydroxylation sites is 4. The number of nitrogens with zero attached hydrogens (tertiary/aromatic N) is 2. The van der Waals surface area contributed by atoms with Crippen LogP contribution in [0.1, 0.15) is 19.2 Å². The number of carbonyl (C=O) groups is 1. The van der Waals surface area contributed by atoms with Crippen molar-refractivity contribution in [2.24, 2.45) is 0 Å². The second kappa shape index (κ2) is 11.2. The van der Waals surface area contributed by atoms with Crippen LogP contribution in [0.4, 0.5) is 0 Å². The second-order valence-electron chi connectivity index (χ2n) is 6.78. The van der Waals surface area contributed by atoms with Gasteiger partial charge in [0.2, 0.25) is 5.91 Å². The van der Waals surface area contributed by atoms with Gasteiger partial charge in [-0.15, -0.1) is 0 Å². The fourth-order valence-electron chi connectivity index (χ4n) is 3.31. The topological polar surface area (TPSA) is 74.6 Å². The summed E-state index contributed by atoms with van der Waals surface area (Å²) in [7, 11) is 1.51. The number of fused-ring (bicyclic) bond motifs is 1. The van der Waals surface area contributed by atoms with Gasteiger partial charge in [-0.3, -0.25) is 4.79 Å². The number of carbonyl (C=O) groups excluding carboxylic acids is 1. The molecule has 1 N–H and O–H groups in total. The average Bonchev–Trinajstić information content (AvgIpc) is 3.10. The Morgan fingerprint density at radius 3 is 2.57 bits per heavy atom. The number of nitrogens with one attached hydrogen (secondary N) is 1. The maximum absolute atomic E-state index is 11.5. The number of benzene rings is 2. The predicted molar refractivity (Wildman–Crippen MR) is 116 cm³/mol. The van der Waals surface area contributed by atoms with Crippen LogP contribution < -0.4 is 14.8 Å². The molecule has 0 fully saturated rings. The van der Waals surface area contributed by atoms with Crippen LogP contribution in [0.3, 0.4) is 0 Å². The Bertz CT molecular complexity index is 955. The van der Waals surface area contributed by atoms with Crippen molar-refractivity contribution in [3.8, 4) is 11.5 Å². The highest BCUT2D eigenvalue weighted by molar-refractivity contribution is 5.77. The maximum Gasteiger partial charge on any atom is 0.245 e. The summed E-state index contributed by atoms with van der Waals surface area (Å²) >= 11 is 0. The highest BCUT2D eigenvalue weighted by atomic mass is 16.5. The van der Waals surface area contributed by atoms with Crippen LogP contribution in [0.15, 0.2) is 48.5 Å². The molecule has 1 amide bonds. The van der Waals surface area contributed by atoms with Crippen molar-refractivity contribution in [3.05, 3.63) is 54.4 Å². The molecule has 0 atom stereocenters. The minimum absolute atomic E-state index is 0.0824. The van der Waals surface area contributed by atoms with Gasteiger partial charge in [-0.1, -0.05) is 24.3 Å². The lowest BCUT2D eigenvalue weighted by molar-refractivity contribution is -0.124. The lowest BCUT2D eigenvalue weighted by Gasteiger charge is -2.13. The van der Waals surface area contributed by atoms with Crippen LogP contribution >= 0.6 is 0 Å². The lowest BCUT2D eigenvalue weighted by atomic mass is 10.3. The van der Waals surface area contributed by atoms with Gasteiger partial charge in [-0.05, 0) is 37.6 Å². The molecule has 0 unspecified atom stereocenters. The Hall–Kier alpha value is -3.06. The molecule has 2 aromatic carbocycles. The summed E-state index contributed by atoms with van der Waals surface area (Å²) in [6, 6.07) is 15.8. The van der Waals surface area contributed by atoms with E-state index in [0.29, 0.717) is 26.3 Å². The van der Waals surface area contributed by atoms with E-state index in [-0.39, 0.29) is 12.5 Å². The van der Waals surface area contributed by atoms with Crippen LogP contribution in [0.5, 0.6) is 11.5 Å². The van der Waals surface area contributed by atoms with Crippen molar-refractivity contribution in [3.63, 3.8) is 0 Å². The fourth-order valence-corrected chi connectivity index (χ4v) is 3.31. The minimum atomic E-state index is -0.104. The SMILES string of the molecule is CCOc1ccccc1OCCn1c(CCCNC(=O)COC)nc2ccccc21. The van der Waals surface area contributed by atoms with E-state index in [1.807, 2.05) is 49.4 Å². The maximum atomic E-state index is 11.5. The average molecular weight is 412 g/mol. The van der Waals surface area contributed by atoms with Crippen molar-refractivity contribution in [2.75, 3.05) is 33.5 Å². The number of rotatable bonds is 12. The Labute approximate surface area is 177 Å². The third-order valence-electron chi connectivity index (χ3n) is 4.63. The number of aromatic nitrogens is 2. The van der Waals surface area contributed by atoms with Gasteiger partial charge in [0.15, 0.2) is 11.5 Å². The number of amides is 1. The van der Waals surface area contributed by atoms with Crippen LogP contribution in [0, 0.1) is 0 Å². The number of imidazole rings is 1. The van der Waals surface area contributed by atoms with E-state index in [1.54, 1.807) is 0 Å². The molecule has 0 aliphatic heterocycles. The molecule has 0 aliphatic rings. The van der Waals surface area contributed by atoms with E-state index >= 15 is 0 Å². The molecule has 0 saturated heterocycles. The van der Waals surface area contributed by atoms with Gasteiger partial charge in [0.05, 0.1) is 24.2 Å². The molecular weight excluding hydrogens is 382 g/mol. The Kier molecular flexibility index (Phi) is 8.09. The van der Waals surface area contributed by atoms with Crippen LogP contribution in [-0.4, -0.2) is 48.9 Å². The van der Waals surface area contributed by atoms with Gasteiger partial charge in [-0.25, -0.2) is 4.98 Å². The van der Waals surface area contributed by atoms with E-state index in [9.17, 15) is 4.79 Å². The Balaban J connectivity index is 1.64. The van der Waals surface area contributed by atoms with Crippen LogP contribution in [0.2, 0.25) is 0 Å². The van der Waals surface area contributed by atoms with E-state index < -0.39 is 0 Å². The smallest absolute Gasteiger partial charge is 0.245 e. The van der Waals surface area contributed by atoms with Crippen molar-refractivity contribution < 1.29 is 19.0 Å². The number of hydrogen-bond donors (Lipinski definition) is 1. The summed E-state index contributed by atoms with van der Waals surface area (Å²) in [6.45, 7) is 4.40. The standard InChI is InChI=1S/C23H29N3O4/c1-3-29-20-11-6-7-12-21(20)30-16-15-26-19-10-5-4-9-18(19)25-22(26)13-8-14-24-23(27)17-28-2/h4-7,9-12H,3,8,13-17H2,1-2H3,(H,24,27). The summed E-state index contributed by atoms with van der Waals surface area (Å²) in [4.78, 5) is 16.3. The van der Waals surface area contributed by atoms with Crippen molar-refractivity contribution in [1.82, 2.24) is 14.9 Å². The van der Waals surface area contributed by atoms with Gasteiger partial charge >= 0.3 is 0 Å². The highest BCUT2D eigenvalue weighted by Crippen LogP contribution is 2.26. The summed E-state index contributed by atoms with van der Waals surface area (Å²) in [5.74, 6) is 2.37. The monoisotopic (exact) mass is 411 g/mol. The second-order valence-corrected chi connectivity index (χ2v) is 6.78. The van der Waals surface area contributed by atoms with Gasteiger partial charge in [0, 0.05) is 20.1 Å². The van der Waals surface area contributed by atoms with Crippen LogP contribution in [-0.2, 0) is 22.5 Å². The molecule has 0 radical (unpaired) electrons. The number of aryl methyl sites for hydroxylation is 1. The summed E-state index contributed by atoms with van der Waals surface area (Å²) in [5.41, 5.74) is 2.04. The summed E-state index contributed by atoms with van der Waals surface area (Å²) in [6.07, 6.45) is 1.56. The minimum Gasteiger partial charge on any atom is -0.490 e. The normalized spacial score (nSPS) is 10.9. The van der Waals surface area contributed by atoms with Gasteiger partial charge in [0.1, 0.15) is 19.0 Å². The predicted octanol–water partition coefficient (Wildman–Crippen LogP) is 3.21. The molecule has 7 nitrogen and oxygen atoms in total. The molecule has 0 bridgehead atoms. The zero-order chi connectivity index (χ0) is 21.2. The molecular formula is C23H29N3O4. The molecule has 3 aromatic rings. The zero-order valence-corrected chi connectivity index (χ0v) is 17.6. The third kappa shape index (κ3) is 5.73. The molecule has 0 spiro atoms. The molecule has 7 heteroatoms. The third-order valence-corrected chi connectivity index (χ3v) is 4.63. The zero-order valence-electron chi connectivity index (χ0n) is 17.6. The largest absolute Gasteiger partial charge is 0.490 e. The number of hydrogen-bond acceptors (Lipinski definition) is 5. The lowest BCUT2D eigenvalue weighted by Crippen LogP contribution is -2.28. The molecule has 160 valence electrons. The highest BCUT2D eigenvalue weighted by Gasteiger charge is 2.11. The van der Waals surface area contributed by atoms with E-state index in [1.165, 1.54) is 7.11 Å². The van der Waals surface area contributed by atoms with E-state index in [4.69, 9.17) is 19.2 Å². The van der Waals surface area contributed by atoms with E-state index in [2.05, 4.69) is 16.0 Å². The number of ether oxygens (including phenoxy) is 3. The molecule has 1 heterocycles. The molecule has 0 aliphatic carbocycles. The number of methoxy groups -OCH3 is 1. The summed E-state index contributed by atoms with van der Waals surface area (Å²) in [5, 5.41) is 2.85. The van der Waals surface area contributed by atoms with Crippen molar-refractivity contribution in [1.29, 1.82) is 0 Å². The van der Waals surface area contributed by atoms with Crippen molar-refractivity contribution in [2.45, 2.75) is 26.3 Å². The first-order chi connectivity index (χ1) is 14.7. The molecule has 1 aromatic heterocycles. The molecule has 30 heavy (non-hydrogen) atoms. The van der Waals surface area contributed by atoms with Gasteiger partial charge < -0.3 is 24.1 Å². The van der Waals surface area contributed by atoms with Crippen LogP contribution in [0.25, 0.3) is 11.0 Å². The van der Waals surface area contributed by atoms with Gasteiger partial charge in [0.25, 0.3) is 0 Å². The first kappa shape index (κ1) is 21.6. The first-order valence-electron chi connectivity index (χ1n) is 10.3. The summed E-state index contributed by atoms with van der Waals surface area (Å²) < 4.78 is 18.7. The Morgan fingerprint density at radius 2 is 1.80 bits per heavy atom.